The predicted octanol–water partition coefficient (Wildman–Crippen LogP) is 4.36. The third kappa shape index (κ3) is 3.64. The zero-order valence-corrected chi connectivity index (χ0v) is 13.1. The van der Waals surface area contributed by atoms with Crippen LogP contribution in [0.15, 0.2) is 34.8 Å². The van der Waals surface area contributed by atoms with E-state index in [1.165, 1.54) is 6.07 Å². The largest absolute Gasteiger partial charge is 0.493 e. The molecule has 0 atom stereocenters. The maximum Gasteiger partial charge on any atom is 0.174 e. The van der Waals surface area contributed by atoms with Crippen molar-refractivity contribution in [3.8, 4) is 11.5 Å². The van der Waals surface area contributed by atoms with Crippen molar-refractivity contribution in [2.75, 3.05) is 19.5 Å². The minimum absolute atomic E-state index is 0.435. The van der Waals surface area contributed by atoms with Gasteiger partial charge in [0.15, 0.2) is 23.1 Å². The van der Waals surface area contributed by atoms with Gasteiger partial charge in [-0.1, -0.05) is 0 Å². The van der Waals surface area contributed by atoms with E-state index in [0.29, 0.717) is 23.7 Å². The fraction of sp³-hybridized carbons (Fsp3) is 0.200. The SMILES string of the molecule is COc1cc(CNc2ccc(F)c(F)c2)cc(Br)c1OC. The number of ether oxygens (including phenoxy) is 2. The molecule has 6 heteroatoms. The minimum Gasteiger partial charge on any atom is -0.493 e. The molecule has 112 valence electrons. The number of hydrogen-bond acceptors (Lipinski definition) is 3. The lowest BCUT2D eigenvalue weighted by atomic mass is 10.2. The van der Waals surface area contributed by atoms with Crippen molar-refractivity contribution in [3.63, 3.8) is 0 Å². The highest BCUT2D eigenvalue weighted by molar-refractivity contribution is 9.10. The molecule has 1 N–H and O–H groups in total. The molecule has 0 spiro atoms. The molecule has 0 aliphatic carbocycles. The topological polar surface area (TPSA) is 30.5 Å². The van der Waals surface area contributed by atoms with Gasteiger partial charge in [-0.05, 0) is 45.8 Å². The highest BCUT2D eigenvalue weighted by atomic mass is 79.9. The Morgan fingerprint density at radius 3 is 2.43 bits per heavy atom. The normalized spacial score (nSPS) is 10.3. The Balaban J connectivity index is 2.16. The van der Waals surface area contributed by atoms with Crippen LogP contribution in [0.25, 0.3) is 0 Å². The standard InChI is InChI=1S/C15H14BrF2NO2/c1-20-14-6-9(5-11(16)15(14)21-2)8-19-10-3-4-12(17)13(18)7-10/h3-7,19H,8H2,1-2H3. The maximum atomic E-state index is 13.1. The first-order valence-corrected chi connectivity index (χ1v) is 6.93. The van der Waals surface area contributed by atoms with E-state index in [4.69, 9.17) is 9.47 Å². The molecule has 0 fully saturated rings. The third-order valence-electron chi connectivity index (χ3n) is 2.91. The van der Waals surface area contributed by atoms with Crippen molar-refractivity contribution in [2.24, 2.45) is 0 Å². The average molecular weight is 358 g/mol. The molecule has 21 heavy (non-hydrogen) atoms. The van der Waals surface area contributed by atoms with E-state index in [9.17, 15) is 8.78 Å². The van der Waals surface area contributed by atoms with E-state index in [1.54, 1.807) is 14.2 Å². The number of methoxy groups -OCH3 is 2. The van der Waals surface area contributed by atoms with Gasteiger partial charge in [0.05, 0.1) is 18.7 Å². The summed E-state index contributed by atoms with van der Waals surface area (Å²) in [6.07, 6.45) is 0. The van der Waals surface area contributed by atoms with Crippen molar-refractivity contribution in [1.82, 2.24) is 0 Å². The Morgan fingerprint density at radius 1 is 1.05 bits per heavy atom. The summed E-state index contributed by atoms with van der Waals surface area (Å²) in [6.45, 7) is 0.435. The van der Waals surface area contributed by atoms with Gasteiger partial charge >= 0.3 is 0 Å². The molecule has 0 heterocycles. The first-order chi connectivity index (χ1) is 10.0. The van der Waals surface area contributed by atoms with Gasteiger partial charge in [-0.15, -0.1) is 0 Å². The zero-order chi connectivity index (χ0) is 15.4. The Kier molecular flexibility index (Phi) is 5.01. The van der Waals surface area contributed by atoms with Crippen molar-refractivity contribution in [1.29, 1.82) is 0 Å². The summed E-state index contributed by atoms with van der Waals surface area (Å²) in [6, 6.07) is 7.37. The Morgan fingerprint density at radius 2 is 1.81 bits per heavy atom. The van der Waals surface area contributed by atoms with Gasteiger partial charge < -0.3 is 14.8 Å². The maximum absolute atomic E-state index is 13.1. The summed E-state index contributed by atoms with van der Waals surface area (Å²) in [5, 5.41) is 3.02. The van der Waals surface area contributed by atoms with Crippen LogP contribution in [0.4, 0.5) is 14.5 Å². The summed E-state index contributed by atoms with van der Waals surface area (Å²) in [4.78, 5) is 0. The summed E-state index contributed by atoms with van der Waals surface area (Å²) in [7, 11) is 3.11. The quantitative estimate of drug-likeness (QED) is 0.862. The third-order valence-corrected chi connectivity index (χ3v) is 3.50. The molecule has 0 radical (unpaired) electrons. The number of rotatable bonds is 5. The molecule has 0 aliphatic heterocycles. The molecule has 0 aliphatic rings. The highest BCUT2D eigenvalue weighted by Crippen LogP contribution is 2.36. The van der Waals surface area contributed by atoms with Gasteiger partial charge in [0, 0.05) is 18.3 Å². The van der Waals surface area contributed by atoms with E-state index in [1.807, 2.05) is 12.1 Å². The lowest BCUT2D eigenvalue weighted by molar-refractivity contribution is 0.352. The number of hydrogen-bond donors (Lipinski definition) is 1. The molecule has 0 bridgehead atoms. The van der Waals surface area contributed by atoms with Crippen LogP contribution in [-0.2, 0) is 6.54 Å². The fourth-order valence-electron chi connectivity index (χ4n) is 1.88. The van der Waals surface area contributed by atoms with Crippen molar-refractivity contribution >= 4 is 21.6 Å². The van der Waals surface area contributed by atoms with Crippen LogP contribution < -0.4 is 14.8 Å². The second-order valence-corrected chi connectivity index (χ2v) is 5.15. The van der Waals surface area contributed by atoms with Crippen LogP contribution in [0.3, 0.4) is 0 Å². The Bertz CT molecular complexity index is 650. The van der Waals surface area contributed by atoms with E-state index in [0.717, 1.165) is 22.2 Å². The monoisotopic (exact) mass is 357 g/mol. The number of anilines is 1. The molecular formula is C15H14BrF2NO2. The van der Waals surface area contributed by atoms with Crippen molar-refractivity contribution in [2.45, 2.75) is 6.54 Å². The van der Waals surface area contributed by atoms with Gasteiger partial charge in [0.2, 0.25) is 0 Å². The molecule has 0 unspecified atom stereocenters. The van der Waals surface area contributed by atoms with Gasteiger partial charge in [0.25, 0.3) is 0 Å². The molecule has 0 amide bonds. The number of halogens is 3. The molecule has 2 aromatic carbocycles. The van der Waals surface area contributed by atoms with Crippen LogP contribution in [0.5, 0.6) is 11.5 Å². The highest BCUT2D eigenvalue weighted by Gasteiger charge is 2.10. The van der Waals surface area contributed by atoms with Gasteiger partial charge in [-0.25, -0.2) is 8.78 Å². The first kappa shape index (κ1) is 15.6. The van der Waals surface area contributed by atoms with Crippen LogP contribution in [0.2, 0.25) is 0 Å². The second-order valence-electron chi connectivity index (χ2n) is 4.30. The lowest BCUT2D eigenvalue weighted by Crippen LogP contribution is -2.02. The number of benzene rings is 2. The molecule has 0 saturated heterocycles. The van der Waals surface area contributed by atoms with Crippen LogP contribution in [-0.4, -0.2) is 14.2 Å². The van der Waals surface area contributed by atoms with Crippen LogP contribution in [0, 0.1) is 11.6 Å². The van der Waals surface area contributed by atoms with Crippen LogP contribution in [0.1, 0.15) is 5.56 Å². The fourth-order valence-corrected chi connectivity index (χ4v) is 2.53. The molecule has 3 nitrogen and oxygen atoms in total. The first-order valence-electron chi connectivity index (χ1n) is 6.14. The Hall–Kier alpha value is -1.82. The predicted molar refractivity (Wildman–Crippen MR) is 80.9 cm³/mol. The molecule has 2 aromatic rings. The lowest BCUT2D eigenvalue weighted by Gasteiger charge is -2.13. The number of nitrogens with one attached hydrogen (secondary N) is 1. The van der Waals surface area contributed by atoms with Gasteiger partial charge in [-0.3, -0.25) is 0 Å². The van der Waals surface area contributed by atoms with Gasteiger partial charge in [0.1, 0.15) is 0 Å². The molecular weight excluding hydrogens is 344 g/mol. The smallest absolute Gasteiger partial charge is 0.174 e. The van der Waals surface area contributed by atoms with E-state index < -0.39 is 11.6 Å². The molecule has 0 saturated carbocycles. The minimum atomic E-state index is -0.881. The van der Waals surface area contributed by atoms with Crippen molar-refractivity contribution < 1.29 is 18.3 Å². The van der Waals surface area contributed by atoms with Crippen LogP contribution >= 0.6 is 15.9 Å². The molecule has 2 rings (SSSR count). The molecule has 0 aromatic heterocycles. The summed E-state index contributed by atoms with van der Waals surface area (Å²) in [5.41, 5.74) is 1.41. The van der Waals surface area contributed by atoms with Gasteiger partial charge in [-0.2, -0.15) is 0 Å². The summed E-state index contributed by atoms with van der Waals surface area (Å²) in [5.74, 6) is -0.550. The van der Waals surface area contributed by atoms with E-state index in [2.05, 4.69) is 21.2 Å². The summed E-state index contributed by atoms with van der Waals surface area (Å²) >= 11 is 3.40. The second kappa shape index (κ2) is 6.76. The van der Waals surface area contributed by atoms with Crippen molar-refractivity contribution in [3.05, 3.63) is 52.0 Å². The van der Waals surface area contributed by atoms with E-state index in [-0.39, 0.29) is 0 Å². The zero-order valence-electron chi connectivity index (χ0n) is 11.5. The van der Waals surface area contributed by atoms with E-state index >= 15 is 0 Å². The average Bonchev–Trinajstić information content (AvgIpc) is 2.47. The summed E-state index contributed by atoms with van der Waals surface area (Å²) < 4.78 is 37.2. The Labute approximate surface area is 130 Å².